The second-order valence-corrected chi connectivity index (χ2v) is 10.4. The largest absolute Gasteiger partial charge is 0.394 e. The molecule has 1 aliphatic rings. The quantitative estimate of drug-likeness (QED) is 0.0961. The number of amides is 1. The molecule has 1 aliphatic heterocycles. The molecule has 11 nitrogen and oxygen atoms in total. The Morgan fingerprint density at radius 3 is 2.30 bits per heavy atom. The fourth-order valence-corrected chi connectivity index (χ4v) is 4.88. The van der Waals surface area contributed by atoms with Crippen molar-refractivity contribution in [2.45, 2.75) is 81.3 Å². The van der Waals surface area contributed by atoms with Crippen molar-refractivity contribution in [2.24, 2.45) is 10.7 Å². The number of ketones is 1. The molecule has 1 amide bonds. The molecule has 1 heterocycles. The number of carbonyl (C=O) groups excluding carboxylic acids is 2. The smallest absolute Gasteiger partial charge is 0.220 e. The van der Waals surface area contributed by atoms with Crippen LogP contribution >= 0.6 is 11.8 Å². The predicted octanol–water partition coefficient (Wildman–Crippen LogP) is -1.49. The fourth-order valence-electron chi connectivity index (χ4n) is 3.71. The zero-order chi connectivity index (χ0) is 25.7. The molecule has 0 aromatic heterocycles. The average Bonchev–Trinajstić information content (AvgIpc) is 2.72. The van der Waals surface area contributed by atoms with Gasteiger partial charge in [0.2, 0.25) is 5.91 Å². The number of nitrogens with one attached hydrogen (secondary N) is 2. The van der Waals surface area contributed by atoms with E-state index in [4.69, 9.17) is 10.5 Å². The maximum atomic E-state index is 11.9. The average molecular weight is 493 g/mol. The van der Waals surface area contributed by atoms with Gasteiger partial charge in [-0.05, 0) is 48.1 Å². The van der Waals surface area contributed by atoms with Crippen LogP contribution in [0.4, 0.5) is 0 Å². The number of hydrogen-bond acceptors (Lipinski definition) is 10. The van der Waals surface area contributed by atoms with Crippen molar-refractivity contribution in [1.29, 1.82) is 0 Å². The summed E-state index contributed by atoms with van der Waals surface area (Å²) in [6.45, 7) is 6.93. The van der Waals surface area contributed by atoms with E-state index in [9.17, 15) is 30.0 Å². The van der Waals surface area contributed by atoms with Gasteiger partial charge < -0.3 is 41.5 Å². The first-order valence-corrected chi connectivity index (χ1v) is 11.9. The summed E-state index contributed by atoms with van der Waals surface area (Å²) in [6, 6.07) is -0.350. The van der Waals surface area contributed by atoms with Crippen molar-refractivity contribution < 1.29 is 34.8 Å². The lowest BCUT2D eigenvalue weighted by atomic mass is 9.66. The van der Waals surface area contributed by atoms with Crippen LogP contribution < -0.4 is 16.4 Å². The summed E-state index contributed by atoms with van der Waals surface area (Å²) in [5.74, 6) is 0.159. The molecule has 0 radical (unpaired) electrons. The van der Waals surface area contributed by atoms with E-state index in [0.717, 1.165) is 11.8 Å². The minimum atomic E-state index is -2.00. The number of likely N-dealkylation sites (N-methyl/N-ethyl adjacent to an activating group) is 1. The summed E-state index contributed by atoms with van der Waals surface area (Å²) in [7, 11) is 1.67. The van der Waals surface area contributed by atoms with E-state index in [0.29, 0.717) is 6.42 Å². The van der Waals surface area contributed by atoms with Gasteiger partial charge in [0.25, 0.3) is 0 Å². The van der Waals surface area contributed by atoms with E-state index < -0.39 is 34.4 Å². The van der Waals surface area contributed by atoms with Gasteiger partial charge in [-0.3, -0.25) is 14.6 Å². The normalized spacial score (nSPS) is 35.8. The monoisotopic (exact) mass is 492 g/mol. The van der Waals surface area contributed by atoms with Crippen LogP contribution in [0.3, 0.4) is 0 Å². The minimum absolute atomic E-state index is 0.0229. The summed E-state index contributed by atoms with van der Waals surface area (Å²) in [6.07, 6.45) is -0.520. The molecule has 0 spiro atoms. The molecule has 1 rings (SSSR count). The summed E-state index contributed by atoms with van der Waals surface area (Å²) >= 11 is 1.08. The molecule has 12 heteroatoms. The molecule has 6 unspecified atom stereocenters. The Kier molecular flexibility index (Phi) is 10.3. The van der Waals surface area contributed by atoms with Crippen LogP contribution in [-0.2, 0) is 14.3 Å². The van der Waals surface area contributed by atoms with Crippen molar-refractivity contribution in [3.63, 3.8) is 0 Å². The van der Waals surface area contributed by atoms with Crippen LogP contribution in [0.5, 0.6) is 0 Å². The van der Waals surface area contributed by atoms with Crippen molar-refractivity contribution in [3.8, 4) is 0 Å². The number of ether oxygens (including phenoxy) is 1. The topological polar surface area (TPSA) is 187 Å². The van der Waals surface area contributed by atoms with Gasteiger partial charge in [-0.15, -0.1) is 11.8 Å². The van der Waals surface area contributed by atoms with Gasteiger partial charge in [0.1, 0.15) is 39.5 Å². The number of amidine groups is 1. The Morgan fingerprint density at radius 1 is 1.18 bits per heavy atom. The molecule has 1 saturated heterocycles. The molecular weight excluding hydrogens is 452 g/mol. The van der Waals surface area contributed by atoms with E-state index in [1.54, 1.807) is 14.0 Å². The zero-order valence-corrected chi connectivity index (χ0v) is 21.2. The highest BCUT2D eigenvalue weighted by Crippen LogP contribution is 2.53. The van der Waals surface area contributed by atoms with Crippen molar-refractivity contribution in [2.75, 3.05) is 32.5 Å². The van der Waals surface area contributed by atoms with Gasteiger partial charge in [0.05, 0.1) is 24.9 Å². The van der Waals surface area contributed by atoms with Gasteiger partial charge in [0, 0.05) is 13.0 Å². The molecule has 0 aromatic rings. The number of rotatable bonds is 12. The lowest BCUT2D eigenvalue weighted by Gasteiger charge is -2.61. The number of aliphatic imine (C=N–C) groups is 1. The number of hydrogen-bond donors (Lipinski definition) is 7. The van der Waals surface area contributed by atoms with Gasteiger partial charge >= 0.3 is 0 Å². The third-order valence-corrected chi connectivity index (χ3v) is 8.21. The maximum Gasteiger partial charge on any atom is 0.220 e. The number of Topliss-reactive ketones (excluding diaryl/α,β-unsaturated/α-hetero) is 1. The first-order valence-electron chi connectivity index (χ1n) is 10.9. The molecule has 1 fully saturated rings. The first-order chi connectivity index (χ1) is 15.1. The number of carbonyl (C=O) groups is 2. The molecule has 0 saturated carbocycles. The van der Waals surface area contributed by atoms with Crippen molar-refractivity contribution in [3.05, 3.63) is 0 Å². The zero-order valence-electron chi connectivity index (χ0n) is 20.3. The summed E-state index contributed by atoms with van der Waals surface area (Å²) < 4.78 is 5.83. The first kappa shape index (κ1) is 29.8. The lowest BCUT2D eigenvalue weighted by molar-refractivity contribution is -0.349. The maximum absolute atomic E-state index is 11.9. The minimum Gasteiger partial charge on any atom is -0.394 e. The standard InChI is InChI=1S/C21H40N4O7S/c1-13(27)14(23-6)7-8-17(28)25-10-9-24-16(22)12-33-21(5)20(4,31)19(3,30)18(2,29)15(11-26)32-21/h14-15,23,26,29-31H,7-12H2,1-6H3,(H2,22,24)(H,25,28). The van der Waals surface area contributed by atoms with Crippen LogP contribution in [0.1, 0.15) is 47.5 Å². The van der Waals surface area contributed by atoms with E-state index in [1.165, 1.54) is 27.7 Å². The number of aliphatic hydroxyl groups excluding tert-OH is 1. The summed E-state index contributed by atoms with van der Waals surface area (Å²) in [5.41, 5.74) is 0.158. The van der Waals surface area contributed by atoms with Crippen LogP contribution in [0.15, 0.2) is 4.99 Å². The molecule has 6 atom stereocenters. The van der Waals surface area contributed by atoms with Crippen LogP contribution in [0, 0.1) is 0 Å². The van der Waals surface area contributed by atoms with E-state index in [2.05, 4.69) is 15.6 Å². The van der Waals surface area contributed by atoms with Gasteiger partial charge in [-0.2, -0.15) is 0 Å². The highest BCUT2D eigenvalue weighted by atomic mass is 32.2. The molecule has 0 bridgehead atoms. The number of nitrogens with two attached hydrogens (primary N) is 1. The highest BCUT2D eigenvalue weighted by molar-refractivity contribution is 8.01. The highest BCUT2D eigenvalue weighted by Gasteiger charge is 2.70. The van der Waals surface area contributed by atoms with Gasteiger partial charge in [-0.1, -0.05) is 0 Å². The Labute approximate surface area is 199 Å². The van der Waals surface area contributed by atoms with E-state index in [1.807, 2.05) is 0 Å². The predicted molar refractivity (Wildman–Crippen MR) is 127 cm³/mol. The van der Waals surface area contributed by atoms with Crippen molar-refractivity contribution in [1.82, 2.24) is 10.6 Å². The number of aliphatic hydroxyl groups is 4. The van der Waals surface area contributed by atoms with Crippen molar-refractivity contribution >= 4 is 29.3 Å². The Bertz CT molecular complexity index is 729. The third kappa shape index (κ3) is 6.44. The fraction of sp³-hybridized carbons (Fsp3) is 0.857. The lowest BCUT2D eigenvalue weighted by Crippen LogP contribution is -2.80. The Morgan fingerprint density at radius 2 is 1.79 bits per heavy atom. The summed E-state index contributed by atoms with van der Waals surface area (Å²) in [4.78, 5) is 26.1. The molecule has 8 N–H and O–H groups in total. The molecule has 0 aromatic carbocycles. The van der Waals surface area contributed by atoms with E-state index >= 15 is 0 Å². The van der Waals surface area contributed by atoms with E-state index in [-0.39, 0.29) is 48.8 Å². The second kappa shape index (κ2) is 11.4. The molecule has 192 valence electrons. The molecular formula is C21H40N4O7S. The third-order valence-electron chi connectivity index (χ3n) is 6.72. The van der Waals surface area contributed by atoms with Gasteiger partial charge in [0.15, 0.2) is 0 Å². The van der Waals surface area contributed by atoms with Crippen LogP contribution in [0.2, 0.25) is 0 Å². The second-order valence-electron chi connectivity index (χ2n) is 9.03. The van der Waals surface area contributed by atoms with Gasteiger partial charge in [-0.25, -0.2) is 0 Å². The number of thioether (sulfide) groups is 1. The number of nitrogens with zero attached hydrogens (tertiary/aromatic N) is 1. The summed E-state index contributed by atoms with van der Waals surface area (Å²) in [5, 5.41) is 48.0. The van der Waals surface area contributed by atoms with Crippen LogP contribution in [-0.4, -0.2) is 104 Å². The Balaban J connectivity index is 2.62. The SMILES string of the molecule is CNC(CCC(=O)NCCN=C(N)CSC1(C)OC(CO)C(C)(O)C(C)(O)C1(C)O)C(C)=O. The van der Waals surface area contributed by atoms with Crippen LogP contribution in [0.25, 0.3) is 0 Å². The molecule has 33 heavy (non-hydrogen) atoms. The molecule has 0 aliphatic carbocycles. The Hall–Kier alpha value is -1.28.